The largest absolute Gasteiger partial charge is 0.378 e. The lowest BCUT2D eigenvalue weighted by molar-refractivity contribution is -0.107. The van der Waals surface area contributed by atoms with Crippen LogP contribution in [0, 0.1) is 0 Å². The molecule has 1 amide bonds. The van der Waals surface area contributed by atoms with E-state index in [0.717, 1.165) is 37.9 Å². The number of anilines is 2. The molecule has 0 spiro atoms. The molecule has 2 aromatic carbocycles. The average molecular weight is 488 g/mol. The highest BCUT2D eigenvalue weighted by Gasteiger charge is 2.15. The van der Waals surface area contributed by atoms with Crippen LogP contribution in [0.1, 0.15) is 0 Å². The van der Waals surface area contributed by atoms with Crippen LogP contribution in [0.15, 0.2) is 77.9 Å². The van der Waals surface area contributed by atoms with Gasteiger partial charge in [-0.3, -0.25) is 9.69 Å². The first-order valence-corrected chi connectivity index (χ1v) is 10.8. The van der Waals surface area contributed by atoms with Gasteiger partial charge in [-0.25, -0.2) is 9.97 Å². The Balaban J connectivity index is 1.92. The number of nitrogens with zero attached hydrogens (tertiary/aromatic N) is 5. The maximum atomic E-state index is 11.5. The second-order valence-electron chi connectivity index (χ2n) is 7.46. The van der Waals surface area contributed by atoms with Crippen LogP contribution < -0.4 is 9.80 Å². The fourth-order valence-electron chi connectivity index (χ4n) is 3.40. The summed E-state index contributed by atoms with van der Waals surface area (Å²) in [6, 6.07) is 18.4. The highest BCUT2D eigenvalue weighted by molar-refractivity contribution is 9.10. The molecule has 160 valence electrons. The summed E-state index contributed by atoms with van der Waals surface area (Å²) in [7, 11) is 4.03. The summed E-state index contributed by atoms with van der Waals surface area (Å²) in [5, 5.41) is 0.816. The van der Waals surface area contributed by atoms with Crippen LogP contribution in [0.25, 0.3) is 33.4 Å². The highest BCUT2D eigenvalue weighted by Crippen LogP contribution is 2.33. The topological polar surface area (TPSA) is 62.2 Å². The van der Waals surface area contributed by atoms with Crippen molar-refractivity contribution in [1.82, 2.24) is 15.0 Å². The standard InChI is InChI=1S/C25H22BrN5O/c1-4-13-31(16-32)25-27-15-22-21(17-7-11-20(12-8-17)30(2)3)14-23(28-24(22)29-25)18-5-9-19(26)10-6-18/h4-12,14-16H,1,13H2,2-3H3. The summed E-state index contributed by atoms with van der Waals surface area (Å²) in [6.07, 6.45) is 4.05. The summed E-state index contributed by atoms with van der Waals surface area (Å²) in [6.45, 7) is 4.01. The first-order chi connectivity index (χ1) is 15.5. The molecule has 0 N–H and O–H groups in total. The summed E-state index contributed by atoms with van der Waals surface area (Å²) >= 11 is 3.48. The molecule has 2 aromatic heterocycles. The van der Waals surface area contributed by atoms with Gasteiger partial charge in [0.2, 0.25) is 12.4 Å². The summed E-state index contributed by atoms with van der Waals surface area (Å²) in [5.41, 5.74) is 5.42. The summed E-state index contributed by atoms with van der Waals surface area (Å²) in [4.78, 5) is 28.8. The third-order valence-electron chi connectivity index (χ3n) is 5.10. The van der Waals surface area contributed by atoms with E-state index in [9.17, 15) is 4.79 Å². The lowest BCUT2D eigenvalue weighted by Gasteiger charge is -2.16. The number of carbonyl (C=O) groups excluding carboxylic acids is 1. The van der Waals surface area contributed by atoms with Crippen LogP contribution in [0.5, 0.6) is 0 Å². The van der Waals surface area contributed by atoms with E-state index in [2.05, 4.69) is 67.7 Å². The molecule has 2 heterocycles. The van der Waals surface area contributed by atoms with Crippen LogP contribution in [0.4, 0.5) is 11.6 Å². The Morgan fingerprint density at radius 2 is 1.69 bits per heavy atom. The van der Waals surface area contributed by atoms with Gasteiger partial charge in [0.15, 0.2) is 5.65 Å². The molecule has 0 saturated carbocycles. The lowest BCUT2D eigenvalue weighted by atomic mass is 10.00. The molecule has 0 unspecified atom stereocenters. The molecule has 0 radical (unpaired) electrons. The van der Waals surface area contributed by atoms with Crippen LogP contribution in [0.2, 0.25) is 0 Å². The van der Waals surface area contributed by atoms with Crippen molar-refractivity contribution in [2.45, 2.75) is 0 Å². The Morgan fingerprint density at radius 3 is 2.31 bits per heavy atom. The number of halogens is 1. The van der Waals surface area contributed by atoms with Gasteiger partial charge in [-0.05, 0) is 41.5 Å². The highest BCUT2D eigenvalue weighted by atomic mass is 79.9. The summed E-state index contributed by atoms with van der Waals surface area (Å²) < 4.78 is 0.997. The van der Waals surface area contributed by atoms with Crippen molar-refractivity contribution in [2.75, 3.05) is 30.4 Å². The number of pyridine rings is 1. The van der Waals surface area contributed by atoms with Crippen LogP contribution in [-0.4, -0.2) is 42.0 Å². The van der Waals surface area contributed by atoms with E-state index in [1.807, 2.05) is 38.4 Å². The van der Waals surface area contributed by atoms with Gasteiger partial charge in [-0.2, -0.15) is 4.98 Å². The molecule has 0 aliphatic rings. The first kappa shape index (κ1) is 21.6. The van der Waals surface area contributed by atoms with Gasteiger partial charge in [0.25, 0.3) is 0 Å². The molecule has 0 aliphatic heterocycles. The van der Waals surface area contributed by atoms with E-state index >= 15 is 0 Å². The maximum absolute atomic E-state index is 11.5. The SMILES string of the molecule is C=CCN(C=O)c1ncc2c(-c3ccc(N(C)C)cc3)cc(-c3ccc(Br)cc3)nc2n1. The normalized spacial score (nSPS) is 10.7. The second-order valence-corrected chi connectivity index (χ2v) is 8.37. The Kier molecular flexibility index (Phi) is 6.28. The van der Waals surface area contributed by atoms with Gasteiger partial charge < -0.3 is 4.90 Å². The van der Waals surface area contributed by atoms with Crippen molar-refractivity contribution < 1.29 is 4.79 Å². The zero-order valence-corrected chi connectivity index (χ0v) is 19.5. The minimum Gasteiger partial charge on any atom is -0.378 e. The van der Waals surface area contributed by atoms with Crippen molar-refractivity contribution in [3.63, 3.8) is 0 Å². The molecule has 32 heavy (non-hydrogen) atoms. The first-order valence-electron chi connectivity index (χ1n) is 10.0. The fourth-order valence-corrected chi connectivity index (χ4v) is 3.66. The van der Waals surface area contributed by atoms with Gasteiger partial charge in [0, 0.05) is 47.9 Å². The van der Waals surface area contributed by atoms with E-state index in [0.29, 0.717) is 24.6 Å². The van der Waals surface area contributed by atoms with Crippen molar-refractivity contribution in [2.24, 2.45) is 0 Å². The number of fused-ring (bicyclic) bond motifs is 1. The van der Waals surface area contributed by atoms with Crippen molar-refractivity contribution in [1.29, 1.82) is 0 Å². The molecule has 7 heteroatoms. The van der Waals surface area contributed by atoms with Crippen LogP contribution in [0.3, 0.4) is 0 Å². The van der Waals surface area contributed by atoms with Crippen molar-refractivity contribution >= 4 is 45.0 Å². The molecule has 0 atom stereocenters. The van der Waals surface area contributed by atoms with E-state index < -0.39 is 0 Å². The lowest BCUT2D eigenvalue weighted by Crippen LogP contribution is -2.23. The van der Waals surface area contributed by atoms with Gasteiger partial charge in [0.1, 0.15) is 0 Å². The zero-order chi connectivity index (χ0) is 22.7. The quantitative estimate of drug-likeness (QED) is 0.260. The number of hydrogen-bond acceptors (Lipinski definition) is 5. The van der Waals surface area contributed by atoms with Gasteiger partial charge in [0.05, 0.1) is 5.69 Å². The third kappa shape index (κ3) is 4.38. The number of amides is 1. The molecule has 0 fully saturated rings. The Hall–Kier alpha value is -3.58. The van der Waals surface area contributed by atoms with E-state index in [-0.39, 0.29) is 0 Å². The molecule has 0 saturated heterocycles. The van der Waals surface area contributed by atoms with Crippen molar-refractivity contribution in [3.8, 4) is 22.4 Å². The smallest absolute Gasteiger partial charge is 0.234 e. The Labute approximate surface area is 195 Å². The summed E-state index contributed by atoms with van der Waals surface area (Å²) in [5.74, 6) is 0.293. The maximum Gasteiger partial charge on any atom is 0.234 e. The van der Waals surface area contributed by atoms with Crippen LogP contribution in [-0.2, 0) is 4.79 Å². The Morgan fingerprint density at radius 1 is 1.00 bits per heavy atom. The molecule has 0 bridgehead atoms. The molecule has 0 aliphatic carbocycles. The van der Waals surface area contributed by atoms with Crippen LogP contribution >= 0.6 is 15.9 Å². The third-order valence-corrected chi connectivity index (χ3v) is 5.63. The Bertz CT molecular complexity index is 1270. The number of carbonyl (C=O) groups is 1. The predicted octanol–water partition coefficient (Wildman–Crippen LogP) is 5.34. The number of aromatic nitrogens is 3. The monoisotopic (exact) mass is 487 g/mol. The molecule has 4 rings (SSSR count). The number of hydrogen-bond donors (Lipinski definition) is 0. The average Bonchev–Trinajstić information content (AvgIpc) is 2.82. The van der Waals surface area contributed by atoms with Gasteiger partial charge in [-0.15, -0.1) is 6.58 Å². The fraction of sp³-hybridized carbons (Fsp3) is 0.120. The van der Waals surface area contributed by atoms with E-state index in [1.54, 1.807) is 12.3 Å². The van der Waals surface area contributed by atoms with Crippen molar-refractivity contribution in [3.05, 3.63) is 77.9 Å². The molecule has 6 nitrogen and oxygen atoms in total. The second kappa shape index (κ2) is 9.28. The van der Waals surface area contributed by atoms with Gasteiger partial charge in [-0.1, -0.05) is 46.3 Å². The predicted molar refractivity (Wildman–Crippen MR) is 134 cm³/mol. The number of benzene rings is 2. The minimum atomic E-state index is 0.293. The molecular weight excluding hydrogens is 466 g/mol. The zero-order valence-electron chi connectivity index (χ0n) is 17.9. The number of rotatable bonds is 7. The van der Waals surface area contributed by atoms with E-state index in [4.69, 9.17) is 4.98 Å². The minimum absolute atomic E-state index is 0.293. The van der Waals surface area contributed by atoms with Gasteiger partial charge >= 0.3 is 0 Å². The molecule has 4 aromatic rings. The van der Waals surface area contributed by atoms with E-state index in [1.165, 1.54) is 4.90 Å². The molecular formula is C25H22BrN5O.